The van der Waals surface area contributed by atoms with Crippen LogP contribution in [0.2, 0.25) is 0 Å². The van der Waals surface area contributed by atoms with E-state index in [1.54, 1.807) is 0 Å². The first kappa shape index (κ1) is 24.8. The van der Waals surface area contributed by atoms with Crippen LogP contribution in [-0.4, -0.2) is 62.1 Å². The van der Waals surface area contributed by atoms with E-state index >= 15 is 0 Å². The fourth-order valence-electron chi connectivity index (χ4n) is 4.29. The van der Waals surface area contributed by atoms with Gasteiger partial charge in [0.1, 0.15) is 0 Å². The van der Waals surface area contributed by atoms with Crippen LogP contribution < -0.4 is 15.5 Å². The largest absolute Gasteiger partial charge is 0.370 e. The number of nitrogens with zero attached hydrogens (tertiary/aromatic N) is 3. The van der Waals surface area contributed by atoms with Crippen LogP contribution in [0.25, 0.3) is 0 Å². The molecule has 2 unspecified atom stereocenters. The summed E-state index contributed by atoms with van der Waals surface area (Å²) in [7, 11) is 2.11. The lowest BCUT2D eigenvalue weighted by atomic mass is 10.1. The Kier molecular flexibility index (Phi) is 10.2. The molecule has 0 spiro atoms. The summed E-state index contributed by atoms with van der Waals surface area (Å²) in [4.78, 5) is 21.8. The molecule has 2 aliphatic rings. The molecule has 1 heterocycles. The first-order chi connectivity index (χ1) is 14.1. The number of amides is 1. The average molecular weight is 527 g/mol. The second-order valence-electron chi connectivity index (χ2n) is 8.41. The molecule has 1 amide bonds. The summed E-state index contributed by atoms with van der Waals surface area (Å²) in [5.41, 5.74) is 1.20. The maximum Gasteiger partial charge on any atom is 0.225 e. The quantitative estimate of drug-likeness (QED) is 0.324. The number of para-hydroxylation sites is 1. The number of likely N-dealkylation sites (N-methyl/N-ethyl adjacent to an activating group) is 1. The van der Waals surface area contributed by atoms with E-state index in [1.165, 1.54) is 18.5 Å². The minimum Gasteiger partial charge on any atom is -0.370 e. The van der Waals surface area contributed by atoms with Crippen molar-refractivity contribution < 1.29 is 4.79 Å². The first-order valence-electron chi connectivity index (χ1n) is 11.2. The molecule has 1 aliphatic heterocycles. The lowest BCUT2D eigenvalue weighted by Crippen LogP contribution is -2.46. The van der Waals surface area contributed by atoms with E-state index in [-0.39, 0.29) is 42.0 Å². The Labute approximate surface area is 198 Å². The van der Waals surface area contributed by atoms with Gasteiger partial charge in [0.25, 0.3) is 0 Å². The number of anilines is 1. The van der Waals surface area contributed by atoms with E-state index in [4.69, 9.17) is 4.99 Å². The van der Waals surface area contributed by atoms with Gasteiger partial charge in [0.15, 0.2) is 5.96 Å². The number of rotatable bonds is 7. The molecule has 0 aromatic heterocycles. The first-order valence-corrected chi connectivity index (χ1v) is 11.2. The fourth-order valence-corrected chi connectivity index (χ4v) is 4.29. The predicted molar refractivity (Wildman–Crippen MR) is 136 cm³/mol. The minimum absolute atomic E-state index is 0. The molecule has 2 N–H and O–H groups in total. The molecule has 2 atom stereocenters. The van der Waals surface area contributed by atoms with Crippen molar-refractivity contribution in [2.24, 2.45) is 10.9 Å². The Hall–Kier alpha value is -1.51. The lowest BCUT2D eigenvalue weighted by molar-refractivity contribution is -0.134. The average Bonchev–Trinajstić information content (AvgIpc) is 3.44. The maximum absolute atomic E-state index is 12.7. The van der Waals surface area contributed by atoms with E-state index in [1.807, 2.05) is 6.07 Å². The van der Waals surface area contributed by atoms with Crippen LogP contribution in [0.1, 0.15) is 46.0 Å². The van der Waals surface area contributed by atoms with Crippen LogP contribution >= 0.6 is 24.0 Å². The SMILES string of the molecule is CCNC(=NCC(C)N(C)c1ccccc1)NC1CCN(C(=O)C2CCCC2)C1.I. The van der Waals surface area contributed by atoms with Gasteiger partial charge in [-0.25, -0.2) is 0 Å². The zero-order valence-corrected chi connectivity index (χ0v) is 21.0. The summed E-state index contributed by atoms with van der Waals surface area (Å²) in [5, 5.41) is 6.91. The van der Waals surface area contributed by atoms with E-state index < -0.39 is 0 Å². The van der Waals surface area contributed by atoms with Crippen LogP contribution in [0.5, 0.6) is 0 Å². The molecule has 30 heavy (non-hydrogen) atoms. The Morgan fingerprint density at radius 2 is 1.93 bits per heavy atom. The van der Waals surface area contributed by atoms with Gasteiger partial charge in [-0.15, -0.1) is 24.0 Å². The van der Waals surface area contributed by atoms with Crippen molar-refractivity contribution in [2.75, 3.05) is 38.1 Å². The maximum atomic E-state index is 12.7. The lowest BCUT2D eigenvalue weighted by Gasteiger charge is -2.26. The van der Waals surface area contributed by atoms with Gasteiger partial charge in [-0.2, -0.15) is 0 Å². The van der Waals surface area contributed by atoms with Crippen molar-refractivity contribution in [3.8, 4) is 0 Å². The van der Waals surface area contributed by atoms with Crippen LogP contribution in [0, 0.1) is 5.92 Å². The summed E-state index contributed by atoms with van der Waals surface area (Å²) in [6, 6.07) is 11.0. The number of benzene rings is 1. The number of likely N-dealkylation sites (tertiary alicyclic amines) is 1. The molecule has 0 bridgehead atoms. The van der Waals surface area contributed by atoms with Crippen molar-refractivity contribution >= 4 is 41.5 Å². The monoisotopic (exact) mass is 527 g/mol. The van der Waals surface area contributed by atoms with Crippen molar-refractivity contribution in [1.82, 2.24) is 15.5 Å². The van der Waals surface area contributed by atoms with Gasteiger partial charge in [0.05, 0.1) is 6.54 Å². The summed E-state index contributed by atoms with van der Waals surface area (Å²) in [6.45, 7) is 7.46. The molecule has 1 aromatic rings. The van der Waals surface area contributed by atoms with Gasteiger partial charge in [0.2, 0.25) is 5.91 Å². The van der Waals surface area contributed by atoms with Crippen molar-refractivity contribution in [3.05, 3.63) is 30.3 Å². The van der Waals surface area contributed by atoms with E-state index in [0.29, 0.717) is 12.5 Å². The predicted octanol–water partition coefficient (Wildman–Crippen LogP) is 3.48. The Morgan fingerprint density at radius 1 is 1.23 bits per heavy atom. The normalized spacial score (nSPS) is 20.6. The van der Waals surface area contributed by atoms with Crippen molar-refractivity contribution in [3.63, 3.8) is 0 Å². The Morgan fingerprint density at radius 3 is 2.60 bits per heavy atom. The van der Waals surface area contributed by atoms with Gasteiger partial charge < -0.3 is 20.4 Å². The molecule has 1 saturated heterocycles. The van der Waals surface area contributed by atoms with Crippen molar-refractivity contribution in [1.29, 1.82) is 0 Å². The van der Waals surface area contributed by atoms with Gasteiger partial charge in [0, 0.05) is 50.4 Å². The highest BCUT2D eigenvalue weighted by molar-refractivity contribution is 14.0. The molecule has 2 fully saturated rings. The van der Waals surface area contributed by atoms with E-state index in [2.05, 4.69) is 65.6 Å². The minimum atomic E-state index is 0. The molecule has 168 valence electrons. The number of carbonyl (C=O) groups excluding carboxylic acids is 1. The van der Waals surface area contributed by atoms with E-state index in [9.17, 15) is 4.79 Å². The third-order valence-electron chi connectivity index (χ3n) is 6.23. The number of hydrogen-bond donors (Lipinski definition) is 2. The number of hydrogen-bond acceptors (Lipinski definition) is 3. The highest BCUT2D eigenvalue weighted by Crippen LogP contribution is 2.27. The van der Waals surface area contributed by atoms with Crippen LogP contribution in [0.15, 0.2) is 35.3 Å². The van der Waals surface area contributed by atoms with Crippen LogP contribution in [0.3, 0.4) is 0 Å². The highest BCUT2D eigenvalue weighted by Gasteiger charge is 2.32. The molecular formula is C23H38IN5O. The molecular weight excluding hydrogens is 489 g/mol. The molecule has 6 nitrogen and oxygen atoms in total. The summed E-state index contributed by atoms with van der Waals surface area (Å²) >= 11 is 0. The number of aliphatic imine (C=N–C) groups is 1. The second-order valence-corrected chi connectivity index (χ2v) is 8.41. The molecule has 1 aromatic carbocycles. The van der Waals surface area contributed by atoms with Crippen LogP contribution in [-0.2, 0) is 4.79 Å². The Balaban J connectivity index is 0.00000320. The summed E-state index contributed by atoms with van der Waals surface area (Å²) in [5.74, 6) is 1.48. The molecule has 7 heteroatoms. The van der Waals surface area contributed by atoms with Crippen molar-refractivity contribution in [2.45, 2.75) is 58.0 Å². The van der Waals surface area contributed by atoms with E-state index in [0.717, 1.165) is 44.9 Å². The van der Waals surface area contributed by atoms with Crippen LogP contribution in [0.4, 0.5) is 5.69 Å². The molecule has 1 aliphatic carbocycles. The van der Waals surface area contributed by atoms with Gasteiger partial charge in [-0.3, -0.25) is 9.79 Å². The number of nitrogens with one attached hydrogen (secondary N) is 2. The zero-order chi connectivity index (χ0) is 20.6. The van der Waals surface area contributed by atoms with Gasteiger partial charge in [-0.05, 0) is 45.2 Å². The molecule has 3 rings (SSSR count). The number of carbonyl (C=O) groups is 1. The Bertz CT molecular complexity index is 677. The smallest absolute Gasteiger partial charge is 0.225 e. The van der Waals surface area contributed by atoms with Gasteiger partial charge in [-0.1, -0.05) is 31.0 Å². The topological polar surface area (TPSA) is 60.0 Å². The fraction of sp³-hybridized carbons (Fsp3) is 0.652. The second kappa shape index (κ2) is 12.4. The summed E-state index contributed by atoms with van der Waals surface area (Å²) < 4.78 is 0. The molecule has 1 saturated carbocycles. The van der Waals surface area contributed by atoms with Gasteiger partial charge >= 0.3 is 0 Å². The third kappa shape index (κ3) is 6.75. The zero-order valence-electron chi connectivity index (χ0n) is 18.6. The molecule has 0 radical (unpaired) electrons. The number of halogens is 1. The number of guanidine groups is 1. The highest BCUT2D eigenvalue weighted by atomic mass is 127. The standard InChI is InChI=1S/C23H37N5O.HI/c1-4-24-23(25-16-18(2)27(3)21-12-6-5-7-13-21)26-20-14-15-28(17-20)22(29)19-10-8-9-11-19;/h5-7,12-13,18-20H,4,8-11,14-17H2,1-3H3,(H2,24,25,26);1H. The summed E-state index contributed by atoms with van der Waals surface area (Å²) in [6.07, 6.45) is 5.55. The third-order valence-corrected chi connectivity index (χ3v) is 6.23.